The molecule has 0 aliphatic carbocycles. The summed E-state index contributed by atoms with van der Waals surface area (Å²) >= 11 is 0. The van der Waals surface area contributed by atoms with Gasteiger partial charge in [0, 0.05) is 32.3 Å². The molecule has 0 amide bonds. The van der Waals surface area contributed by atoms with Gasteiger partial charge in [-0.05, 0) is 26.3 Å². The maximum Gasteiger partial charge on any atom is 0.0618 e. The minimum absolute atomic E-state index is 0.637. The van der Waals surface area contributed by atoms with Gasteiger partial charge in [0.2, 0.25) is 0 Å². The van der Waals surface area contributed by atoms with E-state index in [9.17, 15) is 0 Å². The molecular formula is C12H26N2O. The average molecular weight is 214 g/mol. The van der Waals surface area contributed by atoms with Gasteiger partial charge in [0.1, 0.15) is 0 Å². The second-order valence-corrected chi connectivity index (χ2v) is 4.50. The highest BCUT2D eigenvalue weighted by Crippen LogP contribution is 2.16. The summed E-state index contributed by atoms with van der Waals surface area (Å²) in [5.74, 6) is 0. The molecule has 0 bridgehead atoms. The van der Waals surface area contributed by atoms with Crippen molar-refractivity contribution in [1.29, 1.82) is 0 Å². The molecule has 0 aromatic rings. The number of ether oxygens (including phenoxy) is 1. The van der Waals surface area contributed by atoms with Crippen molar-refractivity contribution >= 4 is 0 Å². The van der Waals surface area contributed by atoms with Gasteiger partial charge in [-0.3, -0.25) is 4.90 Å². The van der Waals surface area contributed by atoms with Gasteiger partial charge in [0.15, 0.2) is 0 Å². The molecule has 15 heavy (non-hydrogen) atoms. The smallest absolute Gasteiger partial charge is 0.0618 e. The third kappa shape index (κ3) is 4.09. The van der Waals surface area contributed by atoms with Gasteiger partial charge >= 0.3 is 0 Å². The number of likely N-dealkylation sites (tertiary alicyclic amines) is 1. The van der Waals surface area contributed by atoms with Crippen molar-refractivity contribution in [2.75, 3.05) is 33.9 Å². The summed E-state index contributed by atoms with van der Waals surface area (Å²) < 4.78 is 5.31. The molecule has 1 aliphatic rings. The zero-order chi connectivity index (χ0) is 11.1. The molecule has 1 heterocycles. The quantitative estimate of drug-likeness (QED) is 0.725. The van der Waals surface area contributed by atoms with E-state index in [4.69, 9.17) is 4.74 Å². The maximum atomic E-state index is 5.31. The Morgan fingerprint density at radius 1 is 1.40 bits per heavy atom. The van der Waals surface area contributed by atoms with E-state index in [0.29, 0.717) is 6.04 Å². The van der Waals surface area contributed by atoms with Crippen LogP contribution in [0.5, 0.6) is 0 Å². The Bertz CT molecular complexity index is 150. The summed E-state index contributed by atoms with van der Waals surface area (Å²) in [5.41, 5.74) is 0. The highest BCUT2D eigenvalue weighted by atomic mass is 16.5. The molecular weight excluding hydrogens is 188 g/mol. The number of hydrogen-bond donors (Lipinski definition) is 1. The maximum absolute atomic E-state index is 5.31. The number of nitrogens with one attached hydrogen (secondary N) is 1. The number of nitrogens with zero attached hydrogens (tertiary/aromatic N) is 1. The van der Waals surface area contributed by atoms with Crippen LogP contribution in [-0.4, -0.2) is 50.8 Å². The minimum atomic E-state index is 0.637. The first-order valence-electron chi connectivity index (χ1n) is 6.22. The van der Waals surface area contributed by atoms with Gasteiger partial charge in [-0.1, -0.05) is 13.3 Å². The fourth-order valence-corrected chi connectivity index (χ4v) is 2.45. The molecule has 1 rings (SSSR count). The number of hydrogen-bond acceptors (Lipinski definition) is 3. The SMILES string of the molecule is CCCC(COC)N1CCC(NC)CC1. The Kier molecular flexibility index (Phi) is 6.22. The summed E-state index contributed by atoms with van der Waals surface area (Å²) in [4.78, 5) is 2.60. The van der Waals surface area contributed by atoms with Crippen LogP contribution in [0.3, 0.4) is 0 Å². The van der Waals surface area contributed by atoms with E-state index in [2.05, 4.69) is 24.2 Å². The van der Waals surface area contributed by atoms with Crippen LogP contribution in [0.25, 0.3) is 0 Å². The predicted octanol–water partition coefficient (Wildman–Crippen LogP) is 1.49. The molecule has 1 fully saturated rings. The minimum Gasteiger partial charge on any atom is -0.383 e. The van der Waals surface area contributed by atoms with Crippen LogP contribution in [0, 0.1) is 0 Å². The van der Waals surface area contributed by atoms with Gasteiger partial charge in [0.05, 0.1) is 6.61 Å². The lowest BCUT2D eigenvalue weighted by atomic mass is 10.0. The predicted molar refractivity (Wildman–Crippen MR) is 64.2 cm³/mol. The topological polar surface area (TPSA) is 24.5 Å². The van der Waals surface area contributed by atoms with Crippen LogP contribution in [0.4, 0.5) is 0 Å². The monoisotopic (exact) mass is 214 g/mol. The van der Waals surface area contributed by atoms with Crippen molar-refractivity contribution < 1.29 is 4.74 Å². The molecule has 90 valence electrons. The van der Waals surface area contributed by atoms with E-state index in [1.807, 2.05) is 7.11 Å². The molecule has 3 nitrogen and oxygen atoms in total. The van der Waals surface area contributed by atoms with E-state index in [1.54, 1.807) is 0 Å². The molecule has 0 spiro atoms. The van der Waals surface area contributed by atoms with E-state index >= 15 is 0 Å². The van der Waals surface area contributed by atoms with Crippen molar-refractivity contribution in [3.63, 3.8) is 0 Å². The van der Waals surface area contributed by atoms with Crippen LogP contribution in [0.15, 0.2) is 0 Å². The second kappa shape index (κ2) is 7.20. The molecule has 1 N–H and O–H groups in total. The lowest BCUT2D eigenvalue weighted by Crippen LogP contribution is -2.47. The highest BCUT2D eigenvalue weighted by molar-refractivity contribution is 4.80. The molecule has 0 saturated carbocycles. The fraction of sp³-hybridized carbons (Fsp3) is 1.00. The summed E-state index contributed by atoms with van der Waals surface area (Å²) in [6, 6.07) is 1.36. The summed E-state index contributed by atoms with van der Waals surface area (Å²) in [5, 5.41) is 3.37. The standard InChI is InChI=1S/C12H26N2O/c1-4-5-12(10-15-3)14-8-6-11(13-2)7-9-14/h11-13H,4-10H2,1-3H3. The third-order valence-electron chi connectivity index (χ3n) is 3.44. The van der Waals surface area contributed by atoms with Gasteiger partial charge in [0.25, 0.3) is 0 Å². The van der Waals surface area contributed by atoms with E-state index < -0.39 is 0 Å². The molecule has 0 aromatic carbocycles. The molecule has 1 saturated heterocycles. The normalized spacial score (nSPS) is 21.8. The summed E-state index contributed by atoms with van der Waals surface area (Å²) in [6.07, 6.45) is 5.07. The highest BCUT2D eigenvalue weighted by Gasteiger charge is 2.23. The van der Waals surface area contributed by atoms with Crippen molar-refractivity contribution in [3.8, 4) is 0 Å². The van der Waals surface area contributed by atoms with Crippen LogP contribution < -0.4 is 5.32 Å². The first kappa shape index (κ1) is 12.9. The third-order valence-corrected chi connectivity index (χ3v) is 3.44. The first-order chi connectivity index (χ1) is 7.31. The lowest BCUT2D eigenvalue weighted by molar-refractivity contribution is 0.0656. The Labute approximate surface area is 94.2 Å². The zero-order valence-electron chi connectivity index (χ0n) is 10.5. The Morgan fingerprint density at radius 2 is 2.07 bits per heavy atom. The molecule has 0 radical (unpaired) electrons. The van der Waals surface area contributed by atoms with Gasteiger partial charge < -0.3 is 10.1 Å². The van der Waals surface area contributed by atoms with Gasteiger partial charge in [-0.25, -0.2) is 0 Å². The van der Waals surface area contributed by atoms with Gasteiger partial charge in [-0.2, -0.15) is 0 Å². The zero-order valence-corrected chi connectivity index (χ0v) is 10.5. The number of methoxy groups -OCH3 is 1. The van der Waals surface area contributed by atoms with Crippen molar-refractivity contribution in [2.45, 2.75) is 44.7 Å². The lowest BCUT2D eigenvalue weighted by Gasteiger charge is -2.37. The first-order valence-corrected chi connectivity index (χ1v) is 6.22. The van der Waals surface area contributed by atoms with Crippen molar-refractivity contribution in [3.05, 3.63) is 0 Å². The molecule has 1 unspecified atom stereocenters. The van der Waals surface area contributed by atoms with Gasteiger partial charge in [-0.15, -0.1) is 0 Å². The molecule has 3 heteroatoms. The van der Waals surface area contributed by atoms with Crippen LogP contribution in [0.2, 0.25) is 0 Å². The number of rotatable bonds is 6. The molecule has 0 aromatic heterocycles. The largest absolute Gasteiger partial charge is 0.383 e. The van der Waals surface area contributed by atoms with Crippen LogP contribution in [0.1, 0.15) is 32.6 Å². The summed E-state index contributed by atoms with van der Waals surface area (Å²) in [6.45, 7) is 5.58. The Morgan fingerprint density at radius 3 is 2.53 bits per heavy atom. The van der Waals surface area contributed by atoms with E-state index in [1.165, 1.54) is 38.8 Å². The average Bonchev–Trinajstić information content (AvgIpc) is 2.29. The van der Waals surface area contributed by atoms with E-state index in [0.717, 1.165) is 12.6 Å². The molecule has 1 aliphatic heterocycles. The van der Waals surface area contributed by atoms with Crippen molar-refractivity contribution in [1.82, 2.24) is 10.2 Å². The van der Waals surface area contributed by atoms with Crippen LogP contribution >= 0.6 is 0 Å². The van der Waals surface area contributed by atoms with Crippen LogP contribution in [-0.2, 0) is 4.74 Å². The second-order valence-electron chi connectivity index (χ2n) is 4.50. The van der Waals surface area contributed by atoms with E-state index in [-0.39, 0.29) is 0 Å². The summed E-state index contributed by atoms with van der Waals surface area (Å²) in [7, 11) is 3.88. The van der Waals surface area contributed by atoms with Crippen molar-refractivity contribution in [2.24, 2.45) is 0 Å². The number of piperidine rings is 1. The Balaban J connectivity index is 2.34. The molecule has 1 atom stereocenters. The Hall–Kier alpha value is -0.120. The fourth-order valence-electron chi connectivity index (χ4n) is 2.45.